The van der Waals surface area contributed by atoms with Crippen molar-refractivity contribution in [1.82, 2.24) is 0 Å². The molecule has 0 aromatic carbocycles. The van der Waals surface area contributed by atoms with Crippen LogP contribution < -0.4 is 0 Å². The van der Waals surface area contributed by atoms with Crippen LogP contribution in [0.15, 0.2) is 48.6 Å². The summed E-state index contributed by atoms with van der Waals surface area (Å²) in [6, 6.07) is 0. The Balaban J connectivity index is 2.50. The number of hydrogen-bond donors (Lipinski definition) is 7. The minimum atomic E-state index is -5.15. The molecule has 14 nitrogen and oxygen atoms in total. The summed E-state index contributed by atoms with van der Waals surface area (Å²) in [7, 11) is -5.15. The van der Waals surface area contributed by atoms with E-state index in [0.29, 0.717) is 32.1 Å². The van der Waals surface area contributed by atoms with Crippen molar-refractivity contribution in [3.05, 3.63) is 48.6 Å². The van der Waals surface area contributed by atoms with Crippen LogP contribution in [-0.4, -0.2) is 110 Å². The lowest BCUT2D eigenvalue weighted by Crippen LogP contribution is -2.64. The predicted molar refractivity (Wildman–Crippen MR) is 250 cm³/mol. The standard InChI is InChI=1S/C49H87O14P/c1-3-5-7-9-11-12-13-14-15-16-17-18-19-20-24-28-32-36-42(51)60-38-41(39-61-64(58,59)63-49-47(56)45(54)44(53)46(55)48(49)57)62-43(52)37-33-29-25-22-21-23-27-31-35-40(50)34-30-26-10-8-6-4-2/h22-23,25-27,30-31,35,40-41,44-50,53-57H,3-21,24,28-29,32-34,36-39H2,1-2H3,(H,58,59)/b25-22-,27-23-,30-26-,35-31+/t40-,41+,44?,45-,46+,47+,48+,49?/m0/s1. The Morgan fingerprint density at radius 1 is 0.562 bits per heavy atom. The van der Waals surface area contributed by atoms with Gasteiger partial charge in [-0.05, 0) is 44.9 Å². The van der Waals surface area contributed by atoms with Crippen LogP contribution in [0.2, 0.25) is 0 Å². The van der Waals surface area contributed by atoms with Crippen molar-refractivity contribution in [2.24, 2.45) is 0 Å². The quantitative estimate of drug-likeness (QED) is 0.0100. The Morgan fingerprint density at radius 3 is 1.62 bits per heavy atom. The Labute approximate surface area is 384 Å². The van der Waals surface area contributed by atoms with E-state index in [1.807, 2.05) is 36.5 Å². The zero-order chi connectivity index (χ0) is 47.3. The van der Waals surface area contributed by atoms with Crippen LogP contribution in [0.3, 0.4) is 0 Å². The fourth-order valence-corrected chi connectivity index (χ4v) is 8.22. The van der Waals surface area contributed by atoms with Gasteiger partial charge in [0.15, 0.2) is 6.10 Å². The maximum absolute atomic E-state index is 12.8. The number of unbranched alkanes of at least 4 members (excludes halogenated alkanes) is 20. The molecule has 0 spiro atoms. The number of esters is 2. The molecule has 0 aromatic heterocycles. The summed E-state index contributed by atoms with van der Waals surface area (Å²) < 4.78 is 33.5. The second-order valence-corrected chi connectivity index (χ2v) is 18.6. The van der Waals surface area contributed by atoms with E-state index in [-0.39, 0.29) is 12.8 Å². The number of aliphatic hydroxyl groups excluding tert-OH is 6. The van der Waals surface area contributed by atoms with Gasteiger partial charge in [0.1, 0.15) is 43.2 Å². The van der Waals surface area contributed by atoms with Crippen molar-refractivity contribution in [1.29, 1.82) is 0 Å². The topological polar surface area (TPSA) is 230 Å². The molecule has 0 bridgehead atoms. The minimum Gasteiger partial charge on any atom is -0.462 e. The highest BCUT2D eigenvalue weighted by atomic mass is 31.2. The number of rotatable bonds is 40. The van der Waals surface area contributed by atoms with Gasteiger partial charge in [-0.25, -0.2) is 4.57 Å². The second kappa shape index (κ2) is 38.8. The van der Waals surface area contributed by atoms with Crippen LogP contribution in [0.25, 0.3) is 0 Å². The molecule has 1 saturated carbocycles. The van der Waals surface area contributed by atoms with Crippen LogP contribution in [0.4, 0.5) is 0 Å². The van der Waals surface area contributed by atoms with Crippen molar-refractivity contribution >= 4 is 19.8 Å². The number of hydrogen-bond acceptors (Lipinski definition) is 13. The first kappa shape index (κ1) is 59.8. The average molecular weight is 931 g/mol. The monoisotopic (exact) mass is 931 g/mol. The van der Waals surface area contributed by atoms with E-state index in [9.17, 15) is 49.7 Å². The smallest absolute Gasteiger partial charge is 0.462 e. The lowest BCUT2D eigenvalue weighted by Gasteiger charge is -2.41. The molecule has 1 rings (SSSR count). The predicted octanol–water partition coefficient (Wildman–Crippen LogP) is 8.92. The fourth-order valence-electron chi connectivity index (χ4n) is 7.25. The molecule has 15 heteroatoms. The van der Waals surface area contributed by atoms with Crippen LogP contribution in [0.5, 0.6) is 0 Å². The summed E-state index contributed by atoms with van der Waals surface area (Å²) in [5.74, 6) is -1.20. The molecule has 9 atom stereocenters. The van der Waals surface area contributed by atoms with E-state index in [2.05, 4.69) is 19.9 Å². The largest absolute Gasteiger partial charge is 0.472 e. The van der Waals surface area contributed by atoms with Crippen molar-refractivity contribution < 1.29 is 68.2 Å². The third kappa shape index (κ3) is 30.9. The van der Waals surface area contributed by atoms with E-state index in [1.54, 1.807) is 6.08 Å². The lowest BCUT2D eigenvalue weighted by molar-refractivity contribution is -0.220. The molecule has 372 valence electrons. The molecule has 0 aromatic rings. The molecule has 7 N–H and O–H groups in total. The summed E-state index contributed by atoms with van der Waals surface area (Å²) in [5, 5.41) is 60.2. The number of aliphatic hydroxyl groups is 6. The highest BCUT2D eigenvalue weighted by Crippen LogP contribution is 2.47. The van der Waals surface area contributed by atoms with E-state index >= 15 is 0 Å². The van der Waals surface area contributed by atoms with Gasteiger partial charge in [-0.2, -0.15) is 0 Å². The molecule has 1 aliphatic carbocycles. The SMILES string of the molecule is CCCCC/C=C\C[C@H](O)/C=C/C=C\C/C=C\CCCC(=O)O[C@H](COC(=O)CCCCCCCCCCCCCCCCCCC)COP(=O)(O)OC1[C@H](O)[C@H](O)C(O)[C@H](O)[C@H]1O. The maximum Gasteiger partial charge on any atom is 0.472 e. The molecule has 0 radical (unpaired) electrons. The molecule has 0 heterocycles. The number of carbonyl (C=O) groups is 2. The first-order chi connectivity index (χ1) is 30.8. The van der Waals surface area contributed by atoms with Gasteiger partial charge < -0.3 is 45.0 Å². The zero-order valence-corrected chi connectivity index (χ0v) is 40.1. The van der Waals surface area contributed by atoms with Crippen LogP contribution in [-0.2, 0) is 32.7 Å². The van der Waals surface area contributed by atoms with Crippen LogP contribution in [0.1, 0.15) is 187 Å². The Kier molecular flexibility index (Phi) is 36.3. The second-order valence-electron chi connectivity index (χ2n) is 17.2. The van der Waals surface area contributed by atoms with Crippen LogP contribution >= 0.6 is 7.82 Å². The first-order valence-electron chi connectivity index (χ1n) is 24.5. The lowest BCUT2D eigenvalue weighted by atomic mass is 9.85. The van der Waals surface area contributed by atoms with Gasteiger partial charge in [0.25, 0.3) is 0 Å². The van der Waals surface area contributed by atoms with Gasteiger partial charge in [0, 0.05) is 12.8 Å². The molecule has 1 aliphatic rings. The molecule has 1 fully saturated rings. The normalized spacial score (nSPS) is 22.5. The fraction of sp³-hybridized carbons (Fsp3) is 0.796. The Bertz CT molecular complexity index is 1320. The maximum atomic E-state index is 12.8. The number of phosphoric ester groups is 1. The Morgan fingerprint density at radius 2 is 1.05 bits per heavy atom. The molecule has 0 saturated heterocycles. The summed E-state index contributed by atoms with van der Waals surface area (Å²) in [4.78, 5) is 35.7. The van der Waals surface area contributed by atoms with Crippen molar-refractivity contribution in [2.75, 3.05) is 13.2 Å². The van der Waals surface area contributed by atoms with Gasteiger partial charge >= 0.3 is 19.8 Å². The molecular formula is C49H87O14P. The highest BCUT2D eigenvalue weighted by molar-refractivity contribution is 7.47. The molecular weight excluding hydrogens is 843 g/mol. The molecule has 0 amide bonds. The zero-order valence-electron chi connectivity index (χ0n) is 39.2. The minimum absolute atomic E-state index is 0.0105. The van der Waals surface area contributed by atoms with Gasteiger partial charge in [0.05, 0.1) is 12.7 Å². The van der Waals surface area contributed by atoms with E-state index < -0.39 is 81.8 Å². The molecule has 64 heavy (non-hydrogen) atoms. The van der Waals surface area contributed by atoms with Crippen LogP contribution in [0, 0.1) is 0 Å². The third-order valence-corrected chi connectivity index (χ3v) is 12.2. The number of phosphoric acid groups is 1. The first-order valence-corrected chi connectivity index (χ1v) is 26.0. The third-order valence-electron chi connectivity index (χ3n) is 11.3. The summed E-state index contributed by atoms with van der Waals surface area (Å²) >= 11 is 0. The Hall–Kier alpha value is -2.23. The van der Waals surface area contributed by atoms with E-state index in [1.165, 1.54) is 96.3 Å². The highest BCUT2D eigenvalue weighted by Gasteiger charge is 2.51. The van der Waals surface area contributed by atoms with Gasteiger partial charge in [-0.15, -0.1) is 0 Å². The van der Waals surface area contributed by atoms with Crippen molar-refractivity contribution in [2.45, 2.75) is 236 Å². The van der Waals surface area contributed by atoms with Crippen molar-refractivity contribution in [3.63, 3.8) is 0 Å². The number of ether oxygens (including phenoxy) is 2. The summed E-state index contributed by atoms with van der Waals surface area (Å²) in [6.45, 7) is 3.17. The summed E-state index contributed by atoms with van der Waals surface area (Å²) in [6.07, 6.45) is 29.0. The average Bonchev–Trinajstić information content (AvgIpc) is 3.27. The van der Waals surface area contributed by atoms with Gasteiger partial charge in [-0.1, -0.05) is 178 Å². The van der Waals surface area contributed by atoms with E-state index in [4.69, 9.17) is 18.5 Å². The van der Waals surface area contributed by atoms with Gasteiger partial charge in [-0.3, -0.25) is 18.6 Å². The number of allylic oxidation sites excluding steroid dienone is 6. The van der Waals surface area contributed by atoms with Crippen molar-refractivity contribution in [3.8, 4) is 0 Å². The van der Waals surface area contributed by atoms with E-state index in [0.717, 1.165) is 32.1 Å². The van der Waals surface area contributed by atoms with Gasteiger partial charge in [0.2, 0.25) is 0 Å². The summed E-state index contributed by atoms with van der Waals surface area (Å²) in [5.41, 5.74) is 0. The number of carbonyl (C=O) groups excluding carboxylic acids is 2. The molecule has 3 unspecified atom stereocenters. The molecule has 0 aliphatic heterocycles.